The van der Waals surface area contributed by atoms with Crippen molar-refractivity contribution in [2.45, 2.75) is 38.1 Å². The summed E-state index contributed by atoms with van der Waals surface area (Å²) in [6.45, 7) is 2.33. The molecule has 0 aromatic carbocycles. The number of aromatic amines is 1. The van der Waals surface area contributed by atoms with Crippen LogP contribution in [0.15, 0.2) is 18.3 Å². The van der Waals surface area contributed by atoms with Crippen LogP contribution in [0, 0.1) is 11.3 Å². The number of nitriles is 1. The van der Waals surface area contributed by atoms with E-state index in [0.717, 1.165) is 19.4 Å². The molecule has 3 heteroatoms. The van der Waals surface area contributed by atoms with Crippen LogP contribution in [0.3, 0.4) is 0 Å². The Balaban J connectivity index is 1.82. The van der Waals surface area contributed by atoms with E-state index < -0.39 is 0 Å². The van der Waals surface area contributed by atoms with Crippen LogP contribution in [0.25, 0.3) is 0 Å². The van der Waals surface area contributed by atoms with E-state index in [2.05, 4.69) is 28.1 Å². The molecule has 0 unspecified atom stereocenters. The average Bonchev–Trinajstić information content (AvgIpc) is 2.94. The standard InChI is InChI=1S/C13H19N3/c14-8-2-1-3-10-16-11-5-7-13(16)12-6-4-9-15-12/h4,6,9,13,15H,1-3,5,7,10-11H2/t13-/m1/s1. The Morgan fingerprint density at radius 3 is 3.19 bits per heavy atom. The van der Waals surface area contributed by atoms with Gasteiger partial charge in [-0.25, -0.2) is 0 Å². The summed E-state index contributed by atoms with van der Waals surface area (Å²) in [7, 11) is 0. The molecule has 0 amide bonds. The quantitative estimate of drug-likeness (QED) is 0.771. The lowest BCUT2D eigenvalue weighted by Crippen LogP contribution is -2.24. The van der Waals surface area contributed by atoms with Gasteiger partial charge in [0.05, 0.1) is 6.07 Å². The number of hydrogen-bond donors (Lipinski definition) is 1. The zero-order valence-corrected chi connectivity index (χ0v) is 9.65. The Morgan fingerprint density at radius 2 is 2.44 bits per heavy atom. The highest BCUT2D eigenvalue weighted by atomic mass is 15.2. The number of unbranched alkanes of at least 4 members (excludes halogenated alkanes) is 2. The number of H-pyrrole nitrogens is 1. The third-order valence-corrected chi connectivity index (χ3v) is 3.33. The van der Waals surface area contributed by atoms with Gasteiger partial charge in [-0.05, 0) is 50.9 Å². The number of nitrogens with zero attached hydrogens (tertiary/aromatic N) is 2. The highest BCUT2D eigenvalue weighted by Crippen LogP contribution is 2.30. The van der Waals surface area contributed by atoms with Gasteiger partial charge in [0.15, 0.2) is 0 Å². The Bertz CT molecular complexity index is 337. The van der Waals surface area contributed by atoms with Crippen molar-refractivity contribution in [1.29, 1.82) is 5.26 Å². The first-order chi connectivity index (χ1) is 7.92. The monoisotopic (exact) mass is 217 g/mol. The van der Waals surface area contributed by atoms with Crippen molar-refractivity contribution < 1.29 is 0 Å². The fraction of sp³-hybridized carbons (Fsp3) is 0.615. The van der Waals surface area contributed by atoms with E-state index in [4.69, 9.17) is 5.26 Å². The van der Waals surface area contributed by atoms with Gasteiger partial charge in [0.25, 0.3) is 0 Å². The summed E-state index contributed by atoms with van der Waals surface area (Å²) in [5.41, 5.74) is 1.35. The van der Waals surface area contributed by atoms with E-state index in [1.165, 1.54) is 25.1 Å². The number of hydrogen-bond acceptors (Lipinski definition) is 2. The van der Waals surface area contributed by atoms with Crippen LogP contribution in [-0.2, 0) is 0 Å². The van der Waals surface area contributed by atoms with Crippen molar-refractivity contribution in [3.63, 3.8) is 0 Å². The van der Waals surface area contributed by atoms with Crippen molar-refractivity contribution in [2.24, 2.45) is 0 Å². The average molecular weight is 217 g/mol. The Labute approximate surface area is 97.1 Å². The third kappa shape index (κ3) is 2.65. The second-order valence-corrected chi connectivity index (χ2v) is 4.43. The van der Waals surface area contributed by atoms with Crippen molar-refractivity contribution in [3.8, 4) is 6.07 Å². The van der Waals surface area contributed by atoms with Gasteiger partial charge in [-0.2, -0.15) is 5.26 Å². The number of nitrogens with one attached hydrogen (secondary N) is 1. The van der Waals surface area contributed by atoms with Crippen LogP contribution < -0.4 is 0 Å². The maximum Gasteiger partial charge on any atom is 0.0621 e. The Hall–Kier alpha value is -1.27. The minimum absolute atomic E-state index is 0.581. The second-order valence-electron chi connectivity index (χ2n) is 4.43. The molecule has 1 aromatic heterocycles. The molecule has 2 rings (SSSR count). The third-order valence-electron chi connectivity index (χ3n) is 3.33. The summed E-state index contributed by atoms with van der Waals surface area (Å²) in [5.74, 6) is 0. The predicted octanol–water partition coefficient (Wildman–Crippen LogP) is 2.85. The van der Waals surface area contributed by atoms with E-state index in [0.29, 0.717) is 12.5 Å². The Kier molecular flexibility index (Phi) is 4.01. The van der Waals surface area contributed by atoms with Gasteiger partial charge in [-0.15, -0.1) is 0 Å². The largest absolute Gasteiger partial charge is 0.364 e. The van der Waals surface area contributed by atoms with E-state index in [1.54, 1.807) is 0 Å². The molecular weight excluding hydrogens is 198 g/mol. The molecule has 1 fully saturated rings. The van der Waals surface area contributed by atoms with Gasteiger partial charge < -0.3 is 4.98 Å². The van der Waals surface area contributed by atoms with Crippen LogP contribution >= 0.6 is 0 Å². The van der Waals surface area contributed by atoms with E-state index in [-0.39, 0.29) is 0 Å². The topological polar surface area (TPSA) is 42.8 Å². The smallest absolute Gasteiger partial charge is 0.0621 e. The van der Waals surface area contributed by atoms with Crippen LogP contribution in [0.1, 0.15) is 43.8 Å². The second kappa shape index (κ2) is 5.72. The molecule has 1 saturated heterocycles. The molecule has 1 N–H and O–H groups in total. The fourth-order valence-electron chi connectivity index (χ4n) is 2.52. The number of rotatable bonds is 5. The molecule has 1 aliphatic rings. The van der Waals surface area contributed by atoms with E-state index in [9.17, 15) is 0 Å². The predicted molar refractivity (Wildman–Crippen MR) is 63.8 cm³/mol. The van der Waals surface area contributed by atoms with Gasteiger partial charge >= 0.3 is 0 Å². The van der Waals surface area contributed by atoms with Crippen molar-refractivity contribution in [2.75, 3.05) is 13.1 Å². The number of aromatic nitrogens is 1. The first kappa shape index (κ1) is 11.2. The molecule has 3 nitrogen and oxygen atoms in total. The van der Waals surface area contributed by atoms with Crippen LogP contribution in [0.5, 0.6) is 0 Å². The van der Waals surface area contributed by atoms with Gasteiger partial charge in [0, 0.05) is 24.4 Å². The minimum Gasteiger partial charge on any atom is -0.364 e. The maximum absolute atomic E-state index is 8.49. The minimum atomic E-state index is 0.581. The summed E-state index contributed by atoms with van der Waals surface area (Å²) < 4.78 is 0. The summed E-state index contributed by atoms with van der Waals surface area (Å²) in [4.78, 5) is 5.86. The normalized spacial score (nSPS) is 21.1. The van der Waals surface area contributed by atoms with Crippen LogP contribution in [-0.4, -0.2) is 23.0 Å². The van der Waals surface area contributed by atoms with Gasteiger partial charge in [-0.1, -0.05) is 0 Å². The molecule has 0 spiro atoms. The lowest BCUT2D eigenvalue weighted by atomic mass is 10.1. The molecule has 86 valence electrons. The highest BCUT2D eigenvalue weighted by molar-refractivity contribution is 5.10. The molecule has 0 aliphatic carbocycles. The molecule has 16 heavy (non-hydrogen) atoms. The lowest BCUT2D eigenvalue weighted by molar-refractivity contribution is 0.249. The summed E-state index contributed by atoms with van der Waals surface area (Å²) >= 11 is 0. The Morgan fingerprint density at radius 1 is 1.50 bits per heavy atom. The van der Waals surface area contributed by atoms with Gasteiger partial charge in [0.2, 0.25) is 0 Å². The summed E-state index contributed by atoms with van der Waals surface area (Å²) in [6, 6.07) is 7.04. The molecule has 0 saturated carbocycles. The zero-order chi connectivity index (χ0) is 11.2. The SMILES string of the molecule is N#CCCCCN1CCC[C@@H]1c1ccc[nH]1. The zero-order valence-electron chi connectivity index (χ0n) is 9.65. The molecule has 1 aromatic rings. The molecular formula is C13H19N3. The summed E-state index contributed by atoms with van der Waals surface area (Å²) in [6.07, 6.45) is 7.43. The molecule has 1 aliphatic heterocycles. The van der Waals surface area contributed by atoms with Crippen molar-refractivity contribution in [3.05, 3.63) is 24.0 Å². The molecule has 1 atom stereocenters. The summed E-state index contributed by atoms with van der Waals surface area (Å²) in [5, 5.41) is 8.49. The highest BCUT2D eigenvalue weighted by Gasteiger charge is 2.25. The lowest BCUT2D eigenvalue weighted by Gasteiger charge is -2.23. The van der Waals surface area contributed by atoms with Crippen molar-refractivity contribution >= 4 is 0 Å². The van der Waals surface area contributed by atoms with E-state index in [1.807, 2.05) is 6.20 Å². The molecule has 0 bridgehead atoms. The van der Waals surface area contributed by atoms with E-state index >= 15 is 0 Å². The number of likely N-dealkylation sites (tertiary alicyclic amines) is 1. The van der Waals surface area contributed by atoms with Gasteiger partial charge in [0.1, 0.15) is 0 Å². The first-order valence-electron chi connectivity index (χ1n) is 6.16. The first-order valence-corrected chi connectivity index (χ1v) is 6.16. The molecule has 2 heterocycles. The van der Waals surface area contributed by atoms with Crippen LogP contribution in [0.4, 0.5) is 0 Å². The molecule has 0 radical (unpaired) electrons. The van der Waals surface area contributed by atoms with Crippen molar-refractivity contribution in [1.82, 2.24) is 9.88 Å². The maximum atomic E-state index is 8.49. The van der Waals surface area contributed by atoms with Gasteiger partial charge in [-0.3, -0.25) is 4.90 Å². The van der Waals surface area contributed by atoms with Crippen LogP contribution in [0.2, 0.25) is 0 Å². The fourth-order valence-corrected chi connectivity index (χ4v) is 2.52.